The minimum absolute atomic E-state index is 0.0209. The zero-order valence-electron chi connectivity index (χ0n) is 13.5. The van der Waals surface area contributed by atoms with Crippen molar-refractivity contribution in [3.05, 3.63) is 41.0 Å². The van der Waals surface area contributed by atoms with Crippen LogP contribution in [0.25, 0.3) is 0 Å². The molecule has 3 rings (SSSR count). The van der Waals surface area contributed by atoms with Crippen molar-refractivity contribution in [2.24, 2.45) is 0 Å². The van der Waals surface area contributed by atoms with Gasteiger partial charge in [-0.15, -0.1) is 0 Å². The van der Waals surface area contributed by atoms with Gasteiger partial charge in [0.2, 0.25) is 11.8 Å². The van der Waals surface area contributed by atoms with Gasteiger partial charge in [0.1, 0.15) is 0 Å². The van der Waals surface area contributed by atoms with Gasteiger partial charge in [0.15, 0.2) is 5.82 Å². The second-order valence-corrected chi connectivity index (χ2v) is 6.27. The fourth-order valence-corrected chi connectivity index (χ4v) is 2.78. The van der Waals surface area contributed by atoms with Gasteiger partial charge in [-0.1, -0.05) is 31.1 Å². The van der Waals surface area contributed by atoms with Crippen LogP contribution in [-0.2, 0) is 4.79 Å². The quantitative estimate of drug-likeness (QED) is 0.872. The minimum atomic E-state index is -0.0209. The molecule has 1 unspecified atom stereocenters. The molecule has 1 aliphatic rings. The molecule has 2 heterocycles. The van der Waals surface area contributed by atoms with Crippen LogP contribution in [0.15, 0.2) is 22.7 Å². The average molecular weight is 299 g/mol. The van der Waals surface area contributed by atoms with Crippen molar-refractivity contribution < 1.29 is 9.32 Å². The van der Waals surface area contributed by atoms with E-state index in [-0.39, 0.29) is 17.7 Å². The highest BCUT2D eigenvalue weighted by Crippen LogP contribution is 2.33. The molecule has 1 atom stereocenters. The third-order valence-electron chi connectivity index (χ3n) is 4.31. The van der Waals surface area contributed by atoms with E-state index in [0.29, 0.717) is 24.7 Å². The summed E-state index contributed by atoms with van der Waals surface area (Å²) in [6.07, 6.45) is 0.424. The van der Waals surface area contributed by atoms with Crippen molar-refractivity contribution in [2.75, 3.05) is 11.4 Å². The van der Waals surface area contributed by atoms with Crippen molar-refractivity contribution in [3.8, 4) is 0 Å². The summed E-state index contributed by atoms with van der Waals surface area (Å²) in [5.41, 5.74) is 3.31. The number of rotatable bonds is 3. The number of aromatic nitrogens is 2. The van der Waals surface area contributed by atoms with Gasteiger partial charge in [0.25, 0.3) is 0 Å². The molecule has 1 aromatic heterocycles. The average Bonchev–Trinajstić information content (AvgIpc) is 3.09. The maximum absolute atomic E-state index is 12.4. The van der Waals surface area contributed by atoms with E-state index >= 15 is 0 Å². The molecule has 0 N–H and O–H groups in total. The molecular formula is C17H21N3O2. The van der Waals surface area contributed by atoms with Crippen LogP contribution in [0.1, 0.15) is 54.9 Å². The molecule has 1 amide bonds. The Bertz CT molecular complexity index is 706. The first-order valence-corrected chi connectivity index (χ1v) is 7.67. The molecule has 5 heteroatoms. The van der Waals surface area contributed by atoms with Gasteiger partial charge in [-0.05, 0) is 31.0 Å². The van der Waals surface area contributed by atoms with Gasteiger partial charge in [0, 0.05) is 24.6 Å². The Hall–Kier alpha value is -2.17. The predicted octanol–water partition coefficient (Wildman–Crippen LogP) is 3.33. The molecule has 2 aromatic rings. The van der Waals surface area contributed by atoms with E-state index < -0.39 is 0 Å². The summed E-state index contributed by atoms with van der Waals surface area (Å²) < 4.78 is 5.36. The van der Waals surface area contributed by atoms with E-state index in [0.717, 1.165) is 11.3 Å². The number of nitrogens with zero attached hydrogens (tertiary/aromatic N) is 3. The monoisotopic (exact) mass is 299 g/mol. The van der Waals surface area contributed by atoms with Crippen LogP contribution in [0.4, 0.5) is 5.69 Å². The first-order chi connectivity index (χ1) is 10.5. The van der Waals surface area contributed by atoms with Gasteiger partial charge >= 0.3 is 0 Å². The summed E-state index contributed by atoms with van der Waals surface area (Å²) in [7, 11) is 0. The standard InChI is InChI=1S/C17H21N3O2/c1-10(2)16-18-17(22-19-16)13-8-15(21)20(9-13)14-7-5-6-11(3)12(14)4/h5-7,10,13H,8-9H2,1-4H3. The van der Waals surface area contributed by atoms with Gasteiger partial charge in [0.05, 0.1) is 5.92 Å². The molecule has 1 aromatic carbocycles. The number of carbonyl (C=O) groups excluding carboxylic acids is 1. The van der Waals surface area contributed by atoms with Crippen molar-refractivity contribution in [3.63, 3.8) is 0 Å². The predicted molar refractivity (Wildman–Crippen MR) is 84.0 cm³/mol. The molecule has 0 saturated carbocycles. The maximum atomic E-state index is 12.4. The SMILES string of the molecule is Cc1cccc(N2CC(c3nc(C(C)C)no3)CC2=O)c1C. The summed E-state index contributed by atoms with van der Waals surface area (Å²) in [5.74, 6) is 1.60. The van der Waals surface area contributed by atoms with Crippen molar-refractivity contribution >= 4 is 11.6 Å². The zero-order chi connectivity index (χ0) is 15.9. The van der Waals surface area contributed by atoms with Crippen molar-refractivity contribution in [2.45, 2.75) is 46.0 Å². The highest BCUT2D eigenvalue weighted by molar-refractivity contribution is 5.97. The highest BCUT2D eigenvalue weighted by Gasteiger charge is 2.35. The summed E-state index contributed by atoms with van der Waals surface area (Å²) in [5, 5.41) is 4.00. The van der Waals surface area contributed by atoms with Crippen LogP contribution in [0, 0.1) is 13.8 Å². The summed E-state index contributed by atoms with van der Waals surface area (Å²) in [6.45, 7) is 8.76. The van der Waals surface area contributed by atoms with Gasteiger partial charge in [-0.2, -0.15) is 4.98 Å². The lowest BCUT2D eigenvalue weighted by Gasteiger charge is -2.19. The Kier molecular flexibility index (Phi) is 3.72. The van der Waals surface area contributed by atoms with E-state index in [4.69, 9.17) is 4.52 Å². The summed E-state index contributed by atoms with van der Waals surface area (Å²) >= 11 is 0. The lowest BCUT2D eigenvalue weighted by Crippen LogP contribution is -2.25. The molecule has 116 valence electrons. The molecule has 0 aliphatic carbocycles. The van der Waals surface area contributed by atoms with Gasteiger partial charge in [-0.3, -0.25) is 4.79 Å². The molecule has 22 heavy (non-hydrogen) atoms. The second-order valence-electron chi connectivity index (χ2n) is 6.27. The summed E-state index contributed by atoms with van der Waals surface area (Å²) in [4.78, 5) is 18.7. The Morgan fingerprint density at radius 2 is 2.09 bits per heavy atom. The molecule has 1 aliphatic heterocycles. The first kappa shape index (κ1) is 14.8. The Labute approximate surface area is 130 Å². The first-order valence-electron chi connectivity index (χ1n) is 7.67. The summed E-state index contributed by atoms with van der Waals surface area (Å²) in [6, 6.07) is 6.04. The number of amides is 1. The number of carbonyl (C=O) groups is 1. The van der Waals surface area contributed by atoms with Crippen LogP contribution in [-0.4, -0.2) is 22.6 Å². The Morgan fingerprint density at radius 1 is 1.32 bits per heavy atom. The number of aryl methyl sites for hydroxylation is 1. The Balaban J connectivity index is 1.85. The van der Waals surface area contributed by atoms with E-state index in [1.165, 1.54) is 5.56 Å². The van der Waals surface area contributed by atoms with E-state index in [1.807, 2.05) is 30.9 Å². The van der Waals surface area contributed by atoms with Crippen LogP contribution in [0.2, 0.25) is 0 Å². The number of hydrogen-bond donors (Lipinski definition) is 0. The third kappa shape index (κ3) is 2.51. The van der Waals surface area contributed by atoms with Crippen LogP contribution in [0.3, 0.4) is 0 Å². The van der Waals surface area contributed by atoms with Crippen molar-refractivity contribution in [1.82, 2.24) is 10.1 Å². The highest BCUT2D eigenvalue weighted by atomic mass is 16.5. The number of anilines is 1. The molecule has 5 nitrogen and oxygen atoms in total. The smallest absolute Gasteiger partial charge is 0.232 e. The minimum Gasteiger partial charge on any atom is -0.339 e. The molecule has 1 saturated heterocycles. The molecule has 0 radical (unpaired) electrons. The van der Waals surface area contributed by atoms with Gasteiger partial charge in [-0.25, -0.2) is 0 Å². The Morgan fingerprint density at radius 3 is 2.77 bits per heavy atom. The second kappa shape index (κ2) is 5.55. The van der Waals surface area contributed by atoms with Crippen LogP contribution >= 0.6 is 0 Å². The lowest BCUT2D eigenvalue weighted by molar-refractivity contribution is -0.117. The van der Waals surface area contributed by atoms with Crippen LogP contribution in [0.5, 0.6) is 0 Å². The molecular weight excluding hydrogens is 278 g/mol. The number of benzene rings is 1. The maximum Gasteiger partial charge on any atom is 0.232 e. The van der Waals surface area contributed by atoms with Crippen LogP contribution < -0.4 is 4.90 Å². The number of hydrogen-bond acceptors (Lipinski definition) is 4. The fraction of sp³-hybridized carbons (Fsp3) is 0.471. The molecule has 1 fully saturated rings. The topological polar surface area (TPSA) is 59.2 Å². The van der Waals surface area contributed by atoms with E-state index in [2.05, 4.69) is 30.1 Å². The molecule has 0 bridgehead atoms. The lowest BCUT2D eigenvalue weighted by atomic mass is 10.1. The molecule has 0 spiro atoms. The van der Waals surface area contributed by atoms with E-state index in [9.17, 15) is 4.79 Å². The van der Waals surface area contributed by atoms with E-state index in [1.54, 1.807) is 0 Å². The van der Waals surface area contributed by atoms with Gasteiger partial charge < -0.3 is 9.42 Å². The zero-order valence-corrected chi connectivity index (χ0v) is 13.5. The fourth-order valence-electron chi connectivity index (χ4n) is 2.78. The third-order valence-corrected chi connectivity index (χ3v) is 4.31. The van der Waals surface area contributed by atoms with Crippen molar-refractivity contribution in [1.29, 1.82) is 0 Å². The normalized spacial score (nSPS) is 18.5. The largest absolute Gasteiger partial charge is 0.339 e.